The molecule has 1 unspecified atom stereocenters. The van der Waals surface area contributed by atoms with Gasteiger partial charge in [0.25, 0.3) is 0 Å². The second-order valence-corrected chi connectivity index (χ2v) is 6.51. The Hall–Kier alpha value is -2.09. The molecule has 1 atom stereocenters. The predicted octanol–water partition coefficient (Wildman–Crippen LogP) is 1.53. The molecule has 2 N–H and O–H groups in total. The van der Waals surface area contributed by atoms with E-state index in [0.717, 1.165) is 10.2 Å². The molecule has 0 bridgehead atoms. The maximum atomic E-state index is 12.6. The molecule has 1 aliphatic heterocycles. The first kappa shape index (κ1) is 19.2. The first-order chi connectivity index (χ1) is 12.0. The van der Waals surface area contributed by atoms with Crippen LogP contribution in [0.3, 0.4) is 0 Å². The zero-order valence-electron chi connectivity index (χ0n) is 14.1. The van der Waals surface area contributed by atoms with E-state index in [1.165, 1.54) is 4.90 Å². The lowest BCUT2D eigenvalue weighted by atomic mass is 10.1. The Balaban J connectivity index is 1.98. The van der Waals surface area contributed by atoms with Crippen LogP contribution in [0.1, 0.15) is 19.8 Å². The molecule has 2 amide bonds. The van der Waals surface area contributed by atoms with Crippen molar-refractivity contribution in [2.45, 2.75) is 25.8 Å². The van der Waals surface area contributed by atoms with E-state index in [1.807, 2.05) is 31.2 Å². The molecule has 7 nitrogen and oxygen atoms in total. The molecule has 0 spiro atoms. The largest absolute Gasteiger partial charge is 0.466 e. The van der Waals surface area contributed by atoms with Crippen molar-refractivity contribution in [3.63, 3.8) is 0 Å². The van der Waals surface area contributed by atoms with Crippen molar-refractivity contribution in [1.29, 1.82) is 0 Å². The van der Waals surface area contributed by atoms with Gasteiger partial charge in [0.2, 0.25) is 11.8 Å². The molecule has 2 rings (SSSR count). The molecule has 1 heterocycles. The molecule has 0 saturated carbocycles. The summed E-state index contributed by atoms with van der Waals surface area (Å²) in [5.74, 6) is -1.03. The van der Waals surface area contributed by atoms with Crippen LogP contribution >= 0.6 is 15.9 Å². The SMILES string of the molecule is CCCOC(=O)CC1C(=O)NCCN1C(=O)CNc1ccccc1Br. The summed E-state index contributed by atoms with van der Waals surface area (Å²) in [7, 11) is 0. The minimum absolute atomic E-state index is 0.0381. The average Bonchev–Trinajstić information content (AvgIpc) is 2.60. The van der Waals surface area contributed by atoms with Crippen molar-refractivity contribution in [3.05, 3.63) is 28.7 Å². The third kappa shape index (κ3) is 5.45. The molecule has 1 aromatic carbocycles. The maximum absolute atomic E-state index is 12.6. The topological polar surface area (TPSA) is 87.7 Å². The number of benzene rings is 1. The Labute approximate surface area is 155 Å². The molecule has 136 valence electrons. The smallest absolute Gasteiger partial charge is 0.308 e. The van der Waals surface area contributed by atoms with Crippen LogP contribution in [-0.2, 0) is 19.1 Å². The zero-order chi connectivity index (χ0) is 18.2. The van der Waals surface area contributed by atoms with Crippen LogP contribution in [0.5, 0.6) is 0 Å². The highest BCUT2D eigenvalue weighted by molar-refractivity contribution is 9.10. The van der Waals surface area contributed by atoms with Gasteiger partial charge in [-0.15, -0.1) is 0 Å². The molecule has 0 aromatic heterocycles. The number of piperazine rings is 1. The summed E-state index contributed by atoms with van der Waals surface area (Å²) in [6.07, 6.45) is 0.577. The number of hydrogen-bond acceptors (Lipinski definition) is 5. The molecular formula is C17H22BrN3O4. The van der Waals surface area contributed by atoms with E-state index in [-0.39, 0.29) is 24.8 Å². The van der Waals surface area contributed by atoms with Gasteiger partial charge in [0, 0.05) is 23.2 Å². The molecule has 25 heavy (non-hydrogen) atoms. The summed E-state index contributed by atoms with van der Waals surface area (Å²) in [4.78, 5) is 37.9. The van der Waals surface area contributed by atoms with E-state index in [4.69, 9.17) is 4.74 Å². The summed E-state index contributed by atoms with van der Waals surface area (Å²) in [5.41, 5.74) is 0.788. The number of nitrogens with zero attached hydrogens (tertiary/aromatic N) is 1. The lowest BCUT2D eigenvalue weighted by Gasteiger charge is -2.34. The van der Waals surface area contributed by atoms with Crippen molar-refractivity contribution in [2.75, 3.05) is 31.6 Å². The minimum Gasteiger partial charge on any atom is -0.466 e. The summed E-state index contributed by atoms with van der Waals surface area (Å²) >= 11 is 3.41. The third-order valence-corrected chi connectivity index (χ3v) is 4.47. The molecular weight excluding hydrogens is 390 g/mol. The van der Waals surface area contributed by atoms with Gasteiger partial charge in [-0.25, -0.2) is 0 Å². The van der Waals surface area contributed by atoms with Gasteiger partial charge in [-0.2, -0.15) is 0 Å². The van der Waals surface area contributed by atoms with Gasteiger partial charge in [0.05, 0.1) is 19.6 Å². The third-order valence-electron chi connectivity index (χ3n) is 3.78. The van der Waals surface area contributed by atoms with Gasteiger partial charge >= 0.3 is 5.97 Å². The number of halogens is 1. The standard InChI is InChI=1S/C17H22BrN3O4/c1-2-9-25-16(23)10-14-17(24)19-7-8-21(14)15(22)11-20-13-6-4-3-5-12(13)18/h3-6,14,20H,2,7-11H2,1H3,(H,19,24). The van der Waals surface area contributed by atoms with E-state index in [2.05, 4.69) is 26.6 Å². The number of nitrogens with one attached hydrogen (secondary N) is 2. The van der Waals surface area contributed by atoms with Gasteiger partial charge in [-0.3, -0.25) is 14.4 Å². The van der Waals surface area contributed by atoms with Crippen LogP contribution < -0.4 is 10.6 Å². The maximum Gasteiger partial charge on any atom is 0.308 e. The highest BCUT2D eigenvalue weighted by Gasteiger charge is 2.34. The van der Waals surface area contributed by atoms with Crippen LogP contribution in [0, 0.1) is 0 Å². The second kappa shape index (κ2) is 9.41. The molecule has 1 aliphatic rings. The Kier molecular flexibility index (Phi) is 7.24. The Morgan fingerprint density at radius 2 is 2.16 bits per heavy atom. The highest BCUT2D eigenvalue weighted by atomic mass is 79.9. The fraction of sp³-hybridized carbons (Fsp3) is 0.471. The number of ether oxygens (including phenoxy) is 1. The molecule has 0 aliphatic carbocycles. The van der Waals surface area contributed by atoms with Gasteiger partial charge < -0.3 is 20.3 Å². The van der Waals surface area contributed by atoms with Crippen LogP contribution in [0.2, 0.25) is 0 Å². The van der Waals surface area contributed by atoms with Crippen LogP contribution in [-0.4, -0.2) is 55.0 Å². The molecule has 0 radical (unpaired) electrons. The first-order valence-electron chi connectivity index (χ1n) is 8.24. The van der Waals surface area contributed by atoms with E-state index < -0.39 is 12.0 Å². The van der Waals surface area contributed by atoms with Gasteiger partial charge in [-0.05, 0) is 34.5 Å². The number of hydrogen-bond donors (Lipinski definition) is 2. The average molecular weight is 412 g/mol. The quantitative estimate of drug-likeness (QED) is 0.664. The highest BCUT2D eigenvalue weighted by Crippen LogP contribution is 2.21. The Morgan fingerprint density at radius 1 is 1.40 bits per heavy atom. The first-order valence-corrected chi connectivity index (χ1v) is 9.03. The second-order valence-electron chi connectivity index (χ2n) is 5.65. The van der Waals surface area contributed by atoms with Crippen molar-refractivity contribution in [1.82, 2.24) is 10.2 Å². The summed E-state index contributed by atoms with van der Waals surface area (Å²) in [6.45, 7) is 2.99. The predicted molar refractivity (Wildman–Crippen MR) is 97.0 cm³/mol. The van der Waals surface area contributed by atoms with Crippen LogP contribution in [0.4, 0.5) is 5.69 Å². The number of para-hydroxylation sites is 1. The fourth-order valence-electron chi connectivity index (χ4n) is 2.53. The van der Waals surface area contributed by atoms with Crippen LogP contribution in [0.25, 0.3) is 0 Å². The summed E-state index contributed by atoms with van der Waals surface area (Å²) in [6, 6.07) is 6.63. The monoisotopic (exact) mass is 411 g/mol. The lowest BCUT2D eigenvalue weighted by Crippen LogP contribution is -2.58. The van der Waals surface area contributed by atoms with E-state index in [0.29, 0.717) is 26.1 Å². The number of carbonyl (C=O) groups is 3. The number of amides is 2. The molecule has 8 heteroatoms. The van der Waals surface area contributed by atoms with Crippen molar-refractivity contribution >= 4 is 39.4 Å². The molecule has 1 aromatic rings. The van der Waals surface area contributed by atoms with Gasteiger partial charge in [0.1, 0.15) is 6.04 Å². The fourth-order valence-corrected chi connectivity index (χ4v) is 2.95. The Bertz CT molecular complexity index is 638. The lowest BCUT2D eigenvalue weighted by molar-refractivity contribution is -0.151. The van der Waals surface area contributed by atoms with Gasteiger partial charge in [0.15, 0.2) is 0 Å². The summed E-state index contributed by atoms with van der Waals surface area (Å²) in [5, 5.41) is 5.74. The number of rotatable bonds is 7. The van der Waals surface area contributed by atoms with Crippen molar-refractivity contribution in [2.24, 2.45) is 0 Å². The van der Waals surface area contributed by atoms with E-state index in [9.17, 15) is 14.4 Å². The number of esters is 1. The summed E-state index contributed by atoms with van der Waals surface area (Å²) < 4.78 is 5.88. The van der Waals surface area contributed by atoms with E-state index >= 15 is 0 Å². The van der Waals surface area contributed by atoms with E-state index in [1.54, 1.807) is 0 Å². The van der Waals surface area contributed by atoms with Crippen LogP contribution in [0.15, 0.2) is 28.7 Å². The van der Waals surface area contributed by atoms with Crippen molar-refractivity contribution in [3.8, 4) is 0 Å². The normalized spacial score (nSPS) is 17.0. The molecule has 1 saturated heterocycles. The number of carbonyl (C=O) groups excluding carboxylic acids is 3. The zero-order valence-corrected chi connectivity index (χ0v) is 15.7. The minimum atomic E-state index is -0.827. The molecule has 1 fully saturated rings. The Morgan fingerprint density at radius 3 is 2.88 bits per heavy atom. The van der Waals surface area contributed by atoms with Gasteiger partial charge in [-0.1, -0.05) is 19.1 Å². The number of anilines is 1. The van der Waals surface area contributed by atoms with Crippen molar-refractivity contribution < 1.29 is 19.1 Å².